The highest BCUT2D eigenvalue weighted by Crippen LogP contribution is 2.33. The number of fused-ring (bicyclic) bond motifs is 1. The van der Waals surface area contributed by atoms with E-state index in [1.54, 1.807) is 29.1 Å². The van der Waals surface area contributed by atoms with Crippen LogP contribution in [-0.2, 0) is 23.5 Å². The fraction of sp³-hybridized carbons (Fsp3) is 0.310. The Morgan fingerprint density at radius 1 is 1.13 bits per heavy atom. The van der Waals surface area contributed by atoms with E-state index in [1.165, 1.54) is 11.3 Å². The molecule has 3 heterocycles. The average molecular weight is 547 g/mol. The van der Waals surface area contributed by atoms with Crippen LogP contribution in [-0.4, -0.2) is 21.8 Å². The molecule has 0 radical (unpaired) electrons. The van der Waals surface area contributed by atoms with E-state index in [9.17, 15) is 9.59 Å². The number of amides is 2. The Labute approximate surface area is 230 Å². The molecular formula is C29H30N4O3S2. The normalized spacial score (nSPS) is 14.0. The van der Waals surface area contributed by atoms with Crippen molar-refractivity contribution in [3.05, 3.63) is 89.3 Å². The van der Waals surface area contributed by atoms with Crippen molar-refractivity contribution in [3.8, 4) is 0 Å². The zero-order valence-corrected chi connectivity index (χ0v) is 23.5. The Kier molecular flexibility index (Phi) is 7.40. The van der Waals surface area contributed by atoms with Gasteiger partial charge in [-0.25, -0.2) is 9.97 Å². The first-order valence-corrected chi connectivity index (χ1v) is 14.3. The SMILES string of the molecule is CC(C(=O)Nc1ncc(SCc2ncc(CC(C)(C)C)o2)s1)c1ccc(N2Cc3ccccc3C2=O)cc1. The quantitative estimate of drug-likeness (QED) is 0.242. The average Bonchev–Trinajstić information content (AvgIpc) is 3.61. The number of anilines is 2. The molecule has 196 valence electrons. The lowest BCUT2D eigenvalue weighted by Gasteiger charge is -2.17. The van der Waals surface area contributed by atoms with E-state index in [4.69, 9.17) is 4.42 Å². The number of oxazole rings is 1. The van der Waals surface area contributed by atoms with Gasteiger partial charge in [0.25, 0.3) is 5.91 Å². The van der Waals surface area contributed by atoms with Gasteiger partial charge < -0.3 is 14.6 Å². The number of hydrogen-bond donors (Lipinski definition) is 1. The predicted octanol–water partition coefficient (Wildman–Crippen LogP) is 6.91. The second-order valence-corrected chi connectivity index (χ2v) is 12.9. The Morgan fingerprint density at radius 2 is 1.89 bits per heavy atom. The molecular weight excluding hydrogens is 516 g/mol. The van der Waals surface area contributed by atoms with Crippen molar-refractivity contribution in [1.29, 1.82) is 0 Å². The largest absolute Gasteiger partial charge is 0.445 e. The lowest BCUT2D eigenvalue weighted by atomic mass is 9.91. The Morgan fingerprint density at radius 3 is 2.63 bits per heavy atom. The molecule has 0 bridgehead atoms. The van der Waals surface area contributed by atoms with Crippen LogP contribution in [0.4, 0.5) is 10.8 Å². The molecule has 4 aromatic rings. The van der Waals surface area contributed by atoms with Crippen LogP contribution >= 0.6 is 23.1 Å². The number of hydrogen-bond acceptors (Lipinski definition) is 7. The van der Waals surface area contributed by atoms with E-state index in [0.717, 1.165) is 38.8 Å². The van der Waals surface area contributed by atoms with E-state index in [1.807, 2.05) is 55.5 Å². The minimum atomic E-state index is -0.371. The van der Waals surface area contributed by atoms with Crippen LogP contribution in [0.25, 0.3) is 0 Å². The van der Waals surface area contributed by atoms with Crippen LogP contribution in [0, 0.1) is 5.41 Å². The number of thioether (sulfide) groups is 1. The number of thiazole rings is 1. The molecule has 7 nitrogen and oxygen atoms in total. The maximum atomic E-state index is 12.9. The lowest BCUT2D eigenvalue weighted by Crippen LogP contribution is -2.23. The van der Waals surface area contributed by atoms with Gasteiger partial charge in [-0.2, -0.15) is 0 Å². The molecule has 38 heavy (non-hydrogen) atoms. The number of rotatable bonds is 8. The maximum Gasteiger partial charge on any atom is 0.258 e. The monoisotopic (exact) mass is 546 g/mol. The fourth-order valence-corrected chi connectivity index (χ4v) is 6.04. The molecule has 1 N–H and O–H groups in total. The molecule has 0 fully saturated rings. The van der Waals surface area contributed by atoms with Gasteiger partial charge in [0.05, 0.1) is 34.8 Å². The number of benzene rings is 2. The summed E-state index contributed by atoms with van der Waals surface area (Å²) in [5.41, 5.74) is 3.61. The molecule has 1 atom stereocenters. The Hall–Kier alpha value is -3.43. The summed E-state index contributed by atoms with van der Waals surface area (Å²) in [5.74, 6) is 1.68. The first-order chi connectivity index (χ1) is 18.2. The second kappa shape index (κ2) is 10.7. The predicted molar refractivity (Wildman–Crippen MR) is 152 cm³/mol. The Bertz CT molecular complexity index is 1450. The van der Waals surface area contributed by atoms with Gasteiger partial charge >= 0.3 is 0 Å². The standard InChI is InChI=1S/C29H30N4O3S2/c1-18(19-9-11-21(12-10-19)33-16-20-7-5-6-8-23(20)27(33)35)26(34)32-28-31-15-25(38-28)37-17-24-30-14-22(36-24)13-29(2,3)4/h5-12,14-15,18H,13,16-17H2,1-4H3,(H,31,32,34). The van der Waals surface area contributed by atoms with E-state index in [-0.39, 0.29) is 23.1 Å². The van der Waals surface area contributed by atoms with Crippen molar-refractivity contribution in [2.24, 2.45) is 5.41 Å². The van der Waals surface area contributed by atoms with Gasteiger partial charge in [-0.1, -0.05) is 62.4 Å². The van der Waals surface area contributed by atoms with Crippen molar-refractivity contribution >= 4 is 45.7 Å². The van der Waals surface area contributed by atoms with Crippen molar-refractivity contribution in [2.75, 3.05) is 10.2 Å². The number of nitrogens with one attached hydrogen (secondary N) is 1. The first-order valence-electron chi connectivity index (χ1n) is 12.5. The van der Waals surface area contributed by atoms with Crippen molar-refractivity contribution in [3.63, 3.8) is 0 Å². The molecule has 2 aromatic heterocycles. The van der Waals surface area contributed by atoms with Gasteiger partial charge in [-0.15, -0.1) is 11.8 Å². The topological polar surface area (TPSA) is 88.3 Å². The highest BCUT2D eigenvalue weighted by Gasteiger charge is 2.28. The maximum absolute atomic E-state index is 12.9. The number of aromatic nitrogens is 2. The van der Waals surface area contributed by atoms with E-state index in [2.05, 4.69) is 36.1 Å². The highest BCUT2D eigenvalue weighted by atomic mass is 32.2. The third kappa shape index (κ3) is 6.00. The van der Waals surface area contributed by atoms with Gasteiger partial charge in [0.15, 0.2) is 5.13 Å². The summed E-state index contributed by atoms with van der Waals surface area (Å²) < 4.78 is 6.83. The summed E-state index contributed by atoms with van der Waals surface area (Å²) in [4.78, 5) is 36.2. The van der Waals surface area contributed by atoms with Crippen molar-refractivity contribution in [1.82, 2.24) is 9.97 Å². The molecule has 2 amide bonds. The van der Waals surface area contributed by atoms with Gasteiger partial charge in [-0.05, 0) is 41.7 Å². The second-order valence-electron chi connectivity index (χ2n) is 10.6. The van der Waals surface area contributed by atoms with Crippen LogP contribution in [0.5, 0.6) is 0 Å². The van der Waals surface area contributed by atoms with Gasteiger partial charge in [-0.3, -0.25) is 9.59 Å². The summed E-state index contributed by atoms with van der Waals surface area (Å²) in [7, 11) is 0. The molecule has 0 saturated carbocycles. The van der Waals surface area contributed by atoms with E-state index in [0.29, 0.717) is 23.3 Å². The molecule has 1 aliphatic rings. The molecule has 0 saturated heterocycles. The summed E-state index contributed by atoms with van der Waals surface area (Å²) in [5, 5.41) is 3.49. The smallest absolute Gasteiger partial charge is 0.258 e. The lowest BCUT2D eigenvalue weighted by molar-refractivity contribution is -0.117. The summed E-state index contributed by atoms with van der Waals surface area (Å²) in [6.07, 6.45) is 4.40. The molecule has 5 rings (SSSR count). The van der Waals surface area contributed by atoms with Crippen molar-refractivity contribution < 1.29 is 14.0 Å². The highest BCUT2D eigenvalue weighted by molar-refractivity contribution is 8.00. The molecule has 2 aromatic carbocycles. The fourth-order valence-electron chi connectivity index (χ4n) is 4.31. The van der Waals surface area contributed by atoms with Crippen LogP contribution in [0.2, 0.25) is 0 Å². The molecule has 1 aliphatic heterocycles. The van der Waals surface area contributed by atoms with E-state index < -0.39 is 0 Å². The third-order valence-electron chi connectivity index (χ3n) is 6.28. The molecule has 9 heteroatoms. The van der Waals surface area contributed by atoms with Gasteiger partial charge in [0.1, 0.15) is 5.76 Å². The minimum Gasteiger partial charge on any atom is -0.445 e. The zero-order valence-electron chi connectivity index (χ0n) is 21.9. The third-order valence-corrected chi connectivity index (χ3v) is 8.37. The first kappa shape index (κ1) is 26.2. The van der Waals surface area contributed by atoms with Gasteiger partial charge in [0.2, 0.25) is 11.8 Å². The number of carbonyl (C=O) groups is 2. The zero-order chi connectivity index (χ0) is 26.9. The summed E-state index contributed by atoms with van der Waals surface area (Å²) in [6, 6.07) is 15.3. The summed E-state index contributed by atoms with van der Waals surface area (Å²) >= 11 is 3.01. The minimum absolute atomic E-state index is 0.00441. The van der Waals surface area contributed by atoms with Gasteiger partial charge in [0, 0.05) is 17.7 Å². The molecule has 0 spiro atoms. The van der Waals surface area contributed by atoms with Crippen LogP contribution < -0.4 is 10.2 Å². The van der Waals surface area contributed by atoms with E-state index >= 15 is 0 Å². The van der Waals surface area contributed by atoms with Crippen LogP contribution in [0.1, 0.15) is 66.7 Å². The molecule has 0 aliphatic carbocycles. The van der Waals surface area contributed by atoms with Crippen molar-refractivity contribution in [2.45, 2.75) is 56.5 Å². The summed E-state index contributed by atoms with van der Waals surface area (Å²) in [6.45, 7) is 8.93. The number of carbonyl (C=O) groups excluding carboxylic acids is 2. The molecule has 1 unspecified atom stereocenters. The number of nitrogens with zero attached hydrogens (tertiary/aromatic N) is 3. The van der Waals surface area contributed by atoms with Crippen LogP contribution in [0.3, 0.4) is 0 Å². The van der Waals surface area contributed by atoms with Crippen LogP contribution in [0.15, 0.2) is 69.6 Å². The Balaban J connectivity index is 1.15.